The zero-order chi connectivity index (χ0) is 21.4. The van der Waals surface area contributed by atoms with Crippen LogP contribution in [-0.2, 0) is 20.0 Å². The third-order valence-electron chi connectivity index (χ3n) is 4.82. The van der Waals surface area contributed by atoms with Gasteiger partial charge in [0.2, 0.25) is 20.0 Å². The van der Waals surface area contributed by atoms with Crippen molar-refractivity contribution in [2.24, 2.45) is 0 Å². The molecule has 0 bridgehead atoms. The van der Waals surface area contributed by atoms with Crippen molar-refractivity contribution in [3.05, 3.63) is 35.4 Å². The van der Waals surface area contributed by atoms with Gasteiger partial charge in [0, 0.05) is 26.2 Å². The van der Waals surface area contributed by atoms with Gasteiger partial charge in [-0.25, -0.2) is 21.2 Å². The number of nitrogens with one attached hydrogen (secondary N) is 1. The lowest BCUT2D eigenvalue weighted by Gasteiger charge is -2.22. The van der Waals surface area contributed by atoms with E-state index >= 15 is 0 Å². The lowest BCUT2D eigenvalue weighted by Crippen LogP contribution is -2.37. The van der Waals surface area contributed by atoms with E-state index in [9.17, 15) is 21.2 Å². The third kappa shape index (κ3) is 4.02. The van der Waals surface area contributed by atoms with Crippen LogP contribution in [0.15, 0.2) is 28.0 Å². The SMILES string of the molecule is COc1ccc(F)cc1S(=O)(=O)N1CCCN(S(=O)(=O)c2c(C)n[nH]c2C)CC1. The predicted octanol–water partition coefficient (Wildman–Crippen LogP) is 1.26. The summed E-state index contributed by atoms with van der Waals surface area (Å²) in [5, 5.41) is 6.59. The van der Waals surface area contributed by atoms with Crippen molar-refractivity contribution in [3.8, 4) is 5.75 Å². The molecule has 2 aromatic rings. The maximum Gasteiger partial charge on any atom is 0.246 e. The molecule has 0 spiro atoms. The molecule has 3 rings (SSSR count). The second-order valence-electron chi connectivity index (χ2n) is 6.72. The van der Waals surface area contributed by atoms with Crippen LogP contribution in [0.25, 0.3) is 0 Å². The first kappa shape index (κ1) is 21.7. The minimum absolute atomic E-state index is 0.0245. The van der Waals surface area contributed by atoms with Crippen molar-refractivity contribution >= 4 is 20.0 Å². The van der Waals surface area contributed by atoms with Crippen LogP contribution in [0.3, 0.4) is 0 Å². The van der Waals surface area contributed by atoms with Gasteiger partial charge < -0.3 is 4.74 Å². The normalized spacial score (nSPS) is 17.2. The highest BCUT2D eigenvalue weighted by molar-refractivity contribution is 7.89. The Labute approximate surface area is 169 Å². The summed E-state index contributed by atoms with van der Waals surface area (Å²) in [6, 6.07) is 3.27. The molecule has 29 heavy (non-hydrogen) atoms. The summed E-state index contributed by atoms with van der Waals surface area (Å²) >= 11 is 0. The van der Waals surface area contributed by atoms with Gasteiger partial charge in [0.15, 0.2) is 0 Å². The zero-order valence-electron chi connectivity index (χ0n) is 16.3. The number of rotatable bonds is 5. The number of halogens is 1. The molecule has 1 fully saturated rings. The predicted molar refractivity (Wildman–Crippen MR) is 103 cm³/mol. The molecule has 0 radical (unpaired) electrons. The van der Waals surface area contributed by atoms with Crippen LogP contribution in [0, 0.1) is 19.7 Å². The number of hydrogen-bond donors (Lipinski definition) is 1. The van der Waals surface area contributed by atoms with E-state index in [0.29, 0.717) is 17.8 Å². The Morgan fingerprint density at radius 2 is 1.66 bits per heavy atom. The maximum absolute atomic E-state index is 13.7. The van der Waals surface area contributed by atoms with Crippen LogP contribution in [-0.4, -0.2) is 68.9 Å². The van der Waals surface area contributed by atoms with E-state index in [-0.39, 0.29) is 41.7 Å². The van der Waals surface area contributed by atoms with Gasteiger partial charge in [0.25, 0.3) is 0 Å². The maximum atomic E-state index is 13.7. The van der Waals surface area contributed by atoms with Gasteiger partial charge in [0.1, 0.15) is 21.4 Å². The molecule has 1 aliphatic rings. The smallest absolute Gasteiger partial charge is 0.246 e. The monoisotopic (exact) mass is 446 g/mol. The summed E-state index contributed by atoms with van der Waals surface area (Å²) in [5.41, 5.74) is 0.793. The van der Waals surface area contributed by atoms with Gasteiger partial charge in [0.05, 0.1) is 18.5 Å². The molecule has 0 saturated carbocycles. The molecule has 1 aromatic carbocycles. The van der Waals surface area contributed by atoms with Crippen LogP contribution in [0.4, 0.5) is 4.39 Å². The Balaban J connectivity index is 1.88. The molecule has 0 aliphatic carbocycles. The van der Waals surface area contributed by atoms with E-state index in [1.165, 1.54) is 17.5 Å². The van der Waals surface area contributed by atoms with E-state index in [1.54, 1.807) is 13.8 Å². The van der Waals surface area contributed by atoms with Crippen molar-refractivity contribution in [3.63, 3.8) is 0 Å². The number of aryl methyl sites for hydroxylation is 2. The summed E-state index contributed by atoms with van der Waals surface area (Å²) in [5.74, 6) is -0.668. The van der Waals surface area contributed by atoms with Crippen molar-refractivity contribution in [1.82, 2.24) is 18.8 Å². The molecule has 1 saturated heterocycles. The first-order valence-corrected chi connectivity index (χ1v) is 11.8. The summed E-state index contributed by atoms with van der Waals surface area (Å²) in [4.78, 5) is -0.168. The molecular weight excluding hydrogens is 423 g/mol. The average molecular weight is 447 g/mol. The number of hydrogen-bond acceptors (Lipinski definition) is 6. The fourth-order valence-corrected chi connectivity index (χ4v) is 6.83. The summed E-state index contributed by atoms with van der Waals surface area (Å²) < 4.78 is 73.4. The molecule has 0 atom stereocenters. The van der Waals surface area contributed by atoms with Crippen molar-refractivity contribution in [2.45, 2.75) is 30.1 Å². The number of ether oxygens (including phenoxy) is 1. The van der Waals surface area contributed by atoms with Gasteiger partial charge in [-0.3, -0.25) is 5.10 Å². The lowest BCUT2D eigenvalue weighted by molar-refractivity contribution is 0.387. The van der Waals surface area contributed by atoms with Gasteiger partial charge in [-0.2, -0.15) is 13.7 Å². The molecule has 2 heterocycles. The Bertz CT molecular complexity index is 1100. The van der Waals surface area contributed by atoms with E-state index < -0.39 is 25.9 Å². The Hall–Kier alpha value is -2.02. The summed E-state index contributed by atoms with van der Waals surface area (Å²) in [6.07, 6.45) is 0.298. The van der Waals surface area contributed by atoms with Gasteiger partial charge in [-0.05, 0) is 38.5 Å². The Morgan fingerprint density at radius 3 is 2.21 bits per heavy atom. The summed E-state index contributed by atoms with van der Waals surface area (Å²) in [6.45, 7) is 3.41. The van der Waals surface area contributed by atoms with Gasteiger partial charge in [-0.15, -0.1) is 0 Å². The Kier molecular flexibility index (Phi) is 5.99. The van der Waals surface area contributed by atoms with Crippen molar-refractivity contribution in [1.29, 1.82) is 0 Å². The highest BCUT2D eigenvalue weighted by atomic mass is 32.2. The Morgan fingerprint density at radius 1 is 1.03 bits per heavy atom. The largest absolute Gasteiger partial charge is 0.495 e. The second-order valence-corrected chi connectivity index (χ2v) is 10.5. The van der Waals surface area contributed by atoms with Crippen molar-refractivity contribution < 1.29 is 26.0 Å². The van der Waals surface area contributed by atoms with Crippen LogP contribution in [0.1, 0.15) is 17.8 Å². The second kappa shape index (κ2) is 8.01. The average Bonchev–Trinajstić information content (AvgIpc) is 2.87. The molecule has 1 N–H and O–H groups in total. The number of benzene rings is 1. The fraction of sp³-hybridized carbons (Fsp3) is 0.471. The number of H-pyrrole nitrogens is 1. The number of methoxy groups -OCH3 is 1. The number of aromatic amines is 1. The standard InChI is InChI=1S/C17H23FN4O5S2/c1-12-17(13(2)20-19-12)29(25,26)22-8-4-7-21(9-10-22)28(23,24)16-11-14(18)5-6-15(16)27-3/h5-6,11H,4,7-10H2,1-3H3,(H,19,20). The molecular formula is C17H23FN4O5S2. The molecule has 160 valence electrons. The number of nitrogens with zero attached hydrogens (tertiary/aromatic N) is 3. The van der Waals surface area contributed by atoms with E-state index in [0.717, 1.165) is 16.4 Å². The van der Waals surface area contributed by atoms with E-state index in [1.807, 2.05) is 0 Å². The topological polar surface area (TPSA) is 113 Å². The van der Waals surface area contributed by atoms with E-state index in [4.69, 9.17) is 4.74 Å². The van der Waals surface area contributed by atoms with Crippen LogP contribution < -0.4 is 4.74 Å². The summed E-state index contributed by atoms with van der Waals surface area (Å²) in [7, 11) is -6.58. The first-order valence-electron chi connectivity index (χ1n) is 8.94. The minimum Gasteiger partial charge on any atom is -0.495 e. The van der Waals surface area contributed by atoms with Crippen LogP contribution in [0.2, 0.25) is 0 Å². The van der Waals surface area contributed by atoms with E-state index in [2.05, 4.69) is 10.2 Å². The van der Waals surface area contributed by atoms with Gasteiger partial charge >= 0.3 is 0 Å². The first-order chi connectivity index (χ1) is 13.6. The molecule has 12 heteroatoms. The highest BCUT2D eigenvalue weighted by Crippen LogP contribution is 2.29. The molecule has 0 unspecified atom stereocenters. The van der Waals surface area contributed by atoms with Crippen molar-refractivity contribution in [2.75, 3.05) is 33.3 Å². The number of aromatic nitrogens is 2. The lowest BCUT2D eigenvalue weighted by atomic mass is 10.3. The minimum atomic E-state index is -4.06. The van der Waals surface area contributed by atoms with Gasteiger partial charge in [-0.1, -0.05) is 0 Å². The fourth-order valence-electron chi connectivity index (χ4n) is 3.39. The zero-order valence-corrected chi connectivity index (χ0v) is 18.0. The molecule has 0 amide bonds. The van der Waals surface area contributed by atoms with Crippen LogP contribution >= 0.6 is 0 Å². The third-order valence-corrected chi connectivity index (χ3v) is 8.90. The highest BCUT2D eigenvalue weighted by Gasteiger charge is 2.35. The van der Waals surface area contributed by atoms with Crippen LogP contribution in [0.5, 0.6) is 5.75 Å². The number of sulfonamides is 2. The molecule has 1 aromatic heterocycles. The quantitative estimate of drug-likeness (QED) is 0.740. The molecule has 9 nitrogen and oxygen atoms in total. The molecule has 1 aliphatic heterocycles.